The van der Waals surface area contributed by atoms with Gasteiger partial charge >= 0.3 is 0 Å². The molecule has 4 heteroatoms. The Kier molecular flexibility index (Phi) is 4.35. The average Bonchev–Trinajstić information content (AvgIpc) is 2.20. The fourth-order valence-electron chi connectivity index (χ4n) is 1.29. The van der Waals surface area contributed by atoms with E-state index in [-0.39, 0.29) is 22.4 Å². The molecular weight excluding hydrogens is 270 g/mol. The number of aryl methyl sites for hydroxylation is 1. The Balaban J connectivity index is 2.77. The van der Waals surface area contributed by atoms with Crippen LogP contribution in [0.2, 0.25) is 0 Å². The van der Waals surface area contributed by atoms with Gasteiger partial charge < -0.3 is 10.4 Å². The second-order valence-electron chi connectivity index (χ2n) is 4.13. The average molecular weight is 286 g/mol. The van der Waals surface area contributed by atoms with E-state index in [1.165, 1.54) is 0 Å². The number of nitrogens with one attached hydrogen (secondary N) is 1. The third-order valence-corrected chi connectivity index (χ3v) is 3.78. The van der Waals surface area contributed by atoms with E-state index in [0.29, 0.717) is 0 Å². The summed E-state index contributed by atoms with van der Waals surface area (Å²) in [5.41, 5.74) is 1.57. The Bertz CT molecular complexity index is 391. The van der Waals surface area contributed by atoms with Gasteiger partial charge in [-0.05, 0) is 36.6 Å². The van der Waals surface area contributed by atoms with Gasteiger partial charge in [-0.1, -0.05) is 29.8 Å². The zero-order valence-corrected chi connectivity index (χ0v) is 11.2. The first-order chi connectivity index (χ1) is 7.41. The van der Waals surface area contributed by atoms with Crippen LogP contribution in [0.4, 0.5) is 5.69 Å². The van der Waals surface area contributed by atoms with E-state index in [2.05, 4.69) is 21.2 Å². The largest absolute Gasteiger partial charge is 0.508 e. The third-order valence-electron chi connectivity index (χ3n) is 2.30. The lowest BCUT2D eigenvalue weighted by molar-refractivity contribution is -0.116. The maximum Gasteiger partial charge on any atom is 0.238 e. The Hall–Kier alpha value is -1.03. The van der Waals surface area contributed by atoms with Crippen LogP contribution in [0.25, 0.3) is 0 Å². The standard InChI is InChI=1S/C12H16BrNO2/c1-7(2)11(13)12(16)14-10-5-4-9(15)6-8(10)3/h4-7,11,15H,1-3H3,(H,14,16). The summed E-state index contributed by atoms with van der Waals surface area (Å²) in [5, 5.41) is 12.1. The Labute approximate surface area is 104 Å². The number of phenols is 1. The number of carbonyl (C=O) groups excluding carboxylic acids is 1. The number of halogens is 1. The molecule has 1 amide bonds. The highest BCUT2D eigenvalue weighted by atomic mass is 79.9. The quantitative estimate of drug-likeness (QED) is 0.662. The molecule has 0 radical (unpaired) electrons. The van der Waals surface area contributed by atoms with Crippen molar-refractivity contribution in [2.24, 2.45) is 5.92 Å². The molecule has 0 aliphatic rings. The monoisotopic (exact) mass is 285 g/mol. The molecule has 0 spiro atoms. The van der Waals surface area contributed by atoms with Gasteiger partial charge in [-0.2, -0.15) is 0 Å². The predicted molar refractivity (Wildman–Crippen MR) is 69.0 cm³/mol. The molecule has 0 aliphatic heterocycles. The van der Waals surface area contributed by atoms with Crippen LogP contribution in [0.3, 0.4) is 0 Å². The van der Waals surface area contributed by atoms with Crippen molar-refractivity contribution in [3.8, 4) is 5.75 Å². The number of phenolic OH excluding ortho intramolecular Hbond substituents is 1. The van der Waals surface area contributed by atoms with Crippen LogP contribution >= 0.6 is 15.9 Å². The maximum absolute atomic E-state index is 11.8. The first kappa shape index (κ1) is 13.0. The van der Waals surface area contributed by atoms with Crippen LogP contribution in [-0.4, -0.2) is 15.8 Å². The minimum Gasteiger partial charge on any atom is -0.508 e. The molecule has 88 valence electrons. The van der Waals surface area contributed by atoms with Crippen LogP contribution in [0.5, 0.6) is 5.75 Å². The summed E-state index contributed by atoms with van der Waals surface area (Å²) in [6.07, 6.45) is 0. The van der Waals surface area contributed by atoms with Crippen LogP contribution in [0.15, 0.2) is 18.2 Å². The van der Waals surface area contributed by atoms with Crippen molar-refractivity contribution in [3.63, 3.8) is 0 Å². The van der Waals surface area contributed by atoms with Gasteiger partial charge in [-0.25, -0.2) is 0 Å². The Morgan fingerprint density at radius 1 is 1.44 bits per heavy atom. The number of benzene rings is 1. The van der Waals surface area contributed by atoms with Gasteiger partial charge in [0.25, 0.3) is 0 Å². The van der Waals surface area contributed by atoms with Crippen molar-refractivity contribution >= 4 is 27.5 Å². The normalized spacial score (nSPS) is 12.6. The number of rotatable bonds is 3. The lowest BCUT2D eigenvalue weighted by atomic mass is 10.1. The number of carbonyl (C=O) groups is 1. The number of hydrogen-bond donors (Lipinski definition) is 2. The fourth-order valence-corrected chi connectivity index (χ4v) is 1.41. The Morgan fingerprint density at radius 3 is 2.56 bits per heavy atom. The van der Waals surface area contributed by atoms with E-state index in [0.717, 1.165) is 11.3 Å². The highest BCUT2D eigenvalue weighted by Crippen LogP contribution is 2.22. The SMILES string of the molecule is Cc1cc(O)ccc1NC(=O)C(Br)C(C)C. The fraction of sp³-hybridized carbons (Fsp3) is 0.417. The molecule has 0 fully saturated rings. The van der Waals surface area contributed by atoms with Gasteiger partial charge in [0.05, 0.1) is 4.83 Å². The molecule has 1 aromatic carbocycles. The zero-order chi connectivity index (χ0) is 12.3. The van der Waals surface area contributed by atoms with Crippen LogP contribution in [0, 0.1) is 12.8 Å². The molecule has 0 aromatic heterocycles. The smallest absolute Gasteiger partial charge is 0.238 e. The molecule has 0 saturated heterocycles. The third kappa shape index (κ3) is 3.23. The number of amides is 1. The summed E-state index contributed by atoms with van der Waals surface area (Å²) in [6.45, 7) is 5.79. The van der Waals surface area contributed by atoms with E-state index in [1.807, 2.05) is 20.8 Å². The van der Waals surface area contributed by atoms with E-state index in [4.69, 9.17) is 0 Å². The summed E-state index contributed by atoms with van der Waals surface area (Å²) in [5.74, 6) is 0.371. The highest BCUT2D eigenvalue weighted by Gasteiger charge is 2.18. The van der Waals surface area contributed by atoms with Crippen molar-refractivity contribution in [2.75, 3.05) is 5.32 Å². The number of aromatic hydroxyl groups is 1. The minimum absolute atomic E-state index is 0.0659. The summed E-state index contributed by atoms with van der Waals surface area (Å²) in [7, 11) is 0. The number of hydrogen-bond acceptors (Lipinski definition) is 2. The molecule has 1 rings (SSSR count). The molecule has 0 bridgehead atoms. The predicted octanol–water partition coefficient (Wildman–Crippen LogP) is 3.06. The summed E-state index contributed by atoms with van der Waals surface area (Å²) in [6, 6.07) is 4.87. The van der Waals surface area contributed by atoms with Gasteiger partial charge in [0.2, 0.25) is 5.91 Å². The summed E-state index contributed by atoms with van der Waals surface area (Å²) < 4.78 is 0. The van der Waals surface area contributed by atoms with Crippen molar-refractivity contribution < 1.29 is 9.90 Å². The molecule has 1 aromatic rings. The van der Waals surface area contributed by atoms with Gasteiger partial charge in [0, 0.05) is 5.69 Å². The number of anilines is 1. The molecule has 3 nitrogen and oxygen atoms in total. The van der Waals surface area contributed by atoms with Crippen molar-refractivity contribution in [1.29, 1.82) is 0 Å². The van der Waals surface area contributed by atoms with E-state index >= 15 is 0 Å². The van der Waals surface area contributed by atoms with Gasteiger partial charge in [-0.15, -0.1) is 0 Å². The van der Waals surface area contributed by atoms with E-state index < -0.39 is 0 Å². The highest BCUT2D eigenvalue weighted by molar-refractivity contribution is 9.10. The Morgan fingerprint density at radius 2 is 2.06 bits per heavy atom. The van der Waals surface area contributed by atoms with Gasteiger partial charge in [0.15, 0.2) is 0 Å². The second-order valence-corrected chi connectivity index (χ2v) is 5.12. The van der Waals surface area contributed by atoms with Crippen molar-refractivity contribution in [1.82, 2.24) is 0 Å². The lowest BCUT2D eigenvalue weighted by Crippen LogP contribution is -2.27. The minimum atomic E-state index is -0.208. The van der Waals surface area contributed by atoms with Crippen molar-refractivity contribution in [2.45, 2.75) is 25.6 Å². The molecule has 0 aliphatic carbocycles. The topological polar surface area (TPSA) is 49.3 Å². The summed E-state index contributed by atoms with van der Waals surface area (Å²) in [4.78, 5) is 11.6. The van der Waals surface area contributed by atoms with Crippen LogP contribution in [0.1, 0.15) is 19.4 Å². The van der Waals surface area contributed by atoms with Gasteiger partial charge in [0.1, 0.15) is 5.75 Å². The lowest BCUT2D eigenvalue weighted by Gasteiger charge is -2.15. The molecule has 0 heterocycles. The molecule has 1 unspecified atom stereocenters. The number of alkyl halides is 1. The van der Waals surface area contributed by atoms with E-state index in [1.54, 1.807) is 18.2 Å². The van der Waals surface area contributed by atoms with Crippen LogP contribution < -0.4 is 5.32 Å². The van der Waals surface area contributed by atoms with Gasteiger partial charge in [-0.3, -0.25) is 4.79 Å². The summed E-state index contributed by atoms with van der Waals surface area (Å²) >= 11 is 3.34. The molecule has 2 N–H and O–H groups in total. The first-order valence-electron chi connectivity index (χ1n) is 5.16. The maximum atomic E-state index is 11.8. The van der Waals surface area contributed by atoms with Crippen LogP contribution in [-0.2, 0) is 4.79 Å². The molecular formula is C12H16BrNO2. The first-order valence-corrected chi connectivity index (χ1v) is 6.08. The molecule has 16 heavy (non-hydrogen) atoms. The van der Waals surface area contributed by atoms with Crippen molar-refractivity contribution in [3.05, 3.63) is 23.8 Å². The molecule has 1 atom stereocenters. The zero-order valence-electron chi connectivity index (χ0n) is 9.62. The van der Waals surface area contributed by atoms with E-state index in [9.17, 15) is 9.90 Å². The molecule has 0 saturated carbocycles. The second kappa shape index (κ2) is 5.34.